The number of carbonyl (C=O) groups excluding carboxylic acids is 1. The Hall–Kier alpha value is -1.27. The second-order valence-corrected chi connectivity index (χ2v) is 6.98. The van der Waals surface area contributed by atoms with Gasteiger partial charge in [0.15, 0.2) is 0 Å². The number of carbonyl (C=O) groups is 1. The third-order valence-electron chi connectivity index (χ3n) is 3.95. The van der Waals surface area contributed by atoms with Crippen LogP contribution in [0.5, 0.6) is 0 Å². The number of rotatable bonds is 8. The summed E-state index contributed by atoms with van der Waals surface area (Å²) in [5, 5.41) is 15.1. The van der Waals surface area contributed by atoms with E-state index in [1.165, 1.54) is 6.07 Å². The van der Waals surface area contributed by atoms with Gasteiger partial charge in [-0.3, -0.25) is 0 Å². The molecule has 1 saturated carbocycles. The van der Waals surface area contributed by atoms with E-state index in [1.807, 2.05) is 13.0 Å². The molecule has 0 heterocycles. The summed E-state index contributed by atoms with van der Waals surface area (Å²) >= 11 is 1.57. The SMILES string of the molecule is CC(CO)(NC(=O)NCCSCc1ccccc1F)C1CC1. The van der Waals surface area contributed by atoms with Crippen molar-refractivity contribution in [1.29, 1.82) is 0 Å². The molecule has 1 fully saturated rings. The molecule has 4 nitrogen and oxygen atoms in total. The lowest BCUT2D eigenvalue weighted by Gasteiger charge is -2.28. The molecule has 2 rings (SSSR count). The molecule has 0 aliphatic heterocycles. The molecule has 22 heavy (non-hydrogen) atoms. The molecule has 6 heteroatoms. The van der Waals surface area contributed by atoms with Gasteiger partial charge < -0.3 is 15.7 Å². The number of thioether (sulfide) groups is 1. The Kier molecular flexibility index (Phi) is 6.08. The molecule has 0 aromatic heterocycles. The number of nitrogens with one attached hydrogen (secondary N) is 2. The van der Waals surface area contributed by atoms with Gasteiger partial charge in [0.25, 0.3) is 0 Å². The fourth-order valence-corrected chi connectivity index (χ4v) is 3.17. The van der Waals surface area contributed by atoms with Crippen molar-refractivity contribution >= 4 is 17.8 Å². The molecule has 0 radical (unpaired) electrons. The van der Waals surface area contributed by atoms with E-state index < -0.39 is 5.54 Å². The topological polar surface area (TPSA) is 61.4 Å². The van der Waals surface area contributed by atoms with Crippen LogP contribution in [-0.2, 0) is 5.75 Å². The van der Waals surface area contributed by atoms with Crippen molar-refractivity contribution in [3.8, 4) is 0 Å². The lowest BCUT2D eigenvalue weighted by atomic mass is 9.97. The third kappa shape index (κ3) is 4.88. The average molecular weight is 326 g/mol. The molecule has 1 aliphatic rings. The van der Waals surface area contributed by atoms with Crippen molar-refractivity contribution in [2.75, 3.05) is 18.9 Å². The minimum atomic E-state index is -0.523. The van der Waals surface area contributed by atoms with Gasteiger partial charge in [-0.2, -0.15) is 11.8 Å². The zero-order chi connectivity index (χ0) is 16.0. The van der Waals surface area contributed by atoms with Crippen LogP contribution < -0.4 is 10.6 Å². The smallest absolute Gasteiger partial charge is 0.315 e. The van der Waals surface area contributed by atoms with E-state index in [0.717, 1.165) is 12.8 Å². The molecule has 3 N–H and O–H groups in total. The summed E-state index contributed by atoms with van der Waals surface area (Å²) < 4.78 is 13.4. The molecule has 0 spiro atoms. The van der Waals surface area contributed by atoms with E-state index in [-0.39, 0.29) is 18.5 Å². The highest BCUT2D eigenvalue weighted by molar-refractivity contribution is 7.98. The number of hydrogen-bond acceptors (Lipinski definition) is 3. The highest BCUT2D eigenvalue weighted by atomic mass is 32.2. The largest absolute Gasteiger partial charge is 0.394 e. The first-order valence-corrected chi connectivity index (χ1v) is 8.68. The summed E-state index contributed by atoms with van der Waals surface area (Å²) in [6.45, 7) is 2.33. The van der Waals surface area contributed by atoms with Crippen molar-refractivity contribution in [3.63, 3.8) is 0 Å². The molecular formula is C16H23FN2O2S. The van der Waals surface area contributed by atoms with Gasteiger partial charge in [0, 0.05) is 18.1 Å². The molecule has 1 atom stereocenters. The van der Waals surface area contributed by atoms with Crippen LogP contribution in [0.3, 0.4) is 0 Å². The molecule has 0 saturated heterocycles. The zero-order valence-corrected chi connectivity index (χ0v) is 13.6. The lowest BCUT2D eigenvalue weighted by Crippen LogP contribution is -2.54. The summed E-state index contributed by atoms with van der Waals surface area (Å²) in [5.41, 5.74) is 0.156. The predicted octanol–water partition coefficient (Wildman–Crippen LogP) is 2.52. The van der Waals surface area contributed by atoms with Gasteiger partial charge in [0.1, 0.15) is 5.82 Å². The van der Waals surface area contributed by atoms with E-state index >= 15 is 0 Å². The molecular weight excluding hydrogens is 303 g/mol. The van der Waals surface area contributed by atoms with Crippen LogP contribution in [0.15, 0.2) is 24.3 Å². The predicted molar refractivity (Wildman–Crippen MR) is 87.3 cm³/mol. The molecule has 1 aromatic carbocycles. The zero-order valence-electron chi connectivity index (χ0n) is 12.8. The number of aliphatic hydroxyl groups excluding tert-OH is 1. The van der Waals surface area contributed by atoms with Crippen LogP contribution in [0, 0.1) is 11.7 Å². The van der Waals surface area contributed by atoms with Crippen LogP contribution in [-0.4, -0.2) is 35.6 Å². The number of amides is 2. The third-order valence-corrected chi connectivity index (χ3v) is 4.96. The molecule has 1 aromatic rings. The minimum Gasteiger partial charge on any atom is -0.394 e. The van der Waals surface area contributed by atoms with Crippen LogP contribution in [0.4, 0.5) is 9.18 Å². The monoisotopic (exact) mass is 326 g/mol. The van der Waals surface area contributed by atoms with Crippen molar-refractivity contribution in [1.82, 2.24) is 10.6 Å². The van der Waals surface area contributed by atoms with Gasteiger partial charge in [0.05, 0.1) is 12.1 Å². The van der Waals surface area contributed by atoms with Gasteiger partial charge in [0.2, 0.25) is 0 Å². The minimum absolute atomic E-state index is 0.0485. The first-order valence-electron chi connectivity index (χ1n) is 7.53. The van der Waals surface area contributed by atoms with Crippen molar-refractivity contribution in [3.05, 3.63) is 35.6 Å². The van der Waals surface area contributed by atoms with Gasteiger partial charge >= 0.3 is 6.03 Å². The quantitative estimate of drug-likeness (QED) is 0.643. The maximum absolute atomic E-state index is 13.4. The van der Waals surface area contributed by atoms with E-state index in [9.17, 15) is 14.3 Å². The van der Waals surface area contributed by atoms with Crippen molar-refractivity contribution < 1.29 is 14.3 Å². The Morgan fingerprint density at radius 3 is 2.82 bits per heavy atom. The molecule has 0 bridgehead atoms. The first-order chi connectivity index (χ1) is 10.5. The molecule has 122 valence electrons. The van der Waals surface area contributed by atoms with E-state index in [4.69, 9.17) is 0 Å². The van der Waals surface area contributed by atoms with E-state index in [0.29, 0.717) is 29.5 Å². The Labute approximate surface area is 134 Å². The Balaban J connectivity index is 1.62. The second-order valence-electron chi connectivity index (χ2n) is 5.87. The fraction of sp³-hybridized carbons (Fsp3) is 0.562. The van der Waals surface area contributed by atoms with E-state index in [1.54, 1.807) is 23.9 Å². The fourth-order valence-electron chi connectivity index (χ4n) is 2.33. The van der Waals surface area contributed by atoms with Crippen LogP contribution in [0.2, 0.25) is 0 Å². The first kappa shape index (κ1) is 17.1. The molecule has 2 amide bonds. The lowest BCUT2D eigenvalue weighted by molar-refractivity contribution is 0.155. The molecule has 1 aliphatic carbocycles. The highest BCUT2D eigenvalue weighted by Crippen LogP contribution is 2.39. The Morgan fingerprint density at radius 2 is 2.18 bits per heavy atom. The number of aliphatic hydroxyl groups is 1. The van der Waals surface area contributed by atoms with Crippen LogP contribution >= 0.6 is 11.8 Å². The maximum Gasteiger partial charge on any atom is 0.315 e. The second kappa shape index (κ2) is 7.83. The van der Waals surface area contributed by atoms with E-state index in [2.05, 4.69) is 10.6 Å². The standard InChI is InChI=1S/C16H23FN2O2S/c1-16(11-20,13-6-7-13)19-15(21)18-8-9-22-10-12-4-2-3-5-14(12)17/h2-5,13,20H,6-11H2,1H3,(H2,18,19,21). The summed E-state index contributed by atoms with van der Waals surface area (Å²) in [7, 11) is 0. The normalized spacial score (nSPS) is 16.9. The highest BCUT2D eigenvalue weighted by Gasteiger charge is 2.42. The summed E-state index contributed by atoms with van der Waals surface area (Å²) in [6.07, 6.45) is 2.10. The van der Waals surface area contributed by atoms with Gasteiger partial charge in [-0.05, 0) is 37.3 Å². The maximum atomic E-state index is 13.4. The Bertz CT molecular complexity index is 511. The summed E-state index contributed by atoms with van der Waals surface area (Å²) in [4.78, 5) is 11.8. The summed E-state index contributed by atoms with van der Waals surface area (Å²) in [6, 6.07) is 6.46. The molecule has 1 unspecified atom stereocenters. The van der Waals surface area contributed by atoms with Crippen LogP contribution in [0.1, 0.15) is 25.3 Å². The van der Waals surface area contributed by atoms with Crippen molar-refractivity contribution in [2.24, 2.45) is 5.92 Å². The average Bonchev–Trinajstić information content (AvgIpc) is 3.33. The van der Waals surface area contributed by atoms with Gasteiger partial charge in [-0.1, -0.05) is 18.2 Å². The van der Waals surface area contributed by atoms with Crippen molar-refractivity contribution in [2.45, 2.75) is 31.1 Å². The van der Waals surface area contributed by atoms with Gasteiger partial charge in [-0.15, -0.1) is 0 Å². The number of benzene rings is 1. The number of urea groups is 1. The summed E-state index contributed by atoms with van der Waals surface area (Å²) in [5.74, 6) is 1.48. The Morgan fingerprint density at radius 1 is 1.45 bits per heavy atom. The van der Waals surface area contributed by atoms with Crippen LogP contribution in [0.25, 0.3) is 0 Å². The number of halogens is 1. The number of hydrogen-bond donors (Lipinski definition) is 3. The van der Waals surface area contributed by atoms with Gasteiger partial charge in [-0.25, -0.2) is 9.18 Å².